The molecule has 0 bridgehead atoms. The number of amides is 1. The van der Waals surface area contributed by atoms with E-state index in [0.717, 1.165) is 3.57 Å². The molecule has 0 aliphatic heterocycles. The lowest BCUT2D eigenvalue weighted by atomic mass is 9.64. The Morgan fingerprint density at radius 3 is 2.58 bits per heavy atom. The predicted molar refractivity (Wildman–Crippen MR) is 89.2 cm³/mol. The fraction of sp³-hybridized carbons (Fsp3) is 0.462. The van der Waals surface area contributed by atoms with Gasteiger partial charge in [0, 0.05) is 15.0 Å². The first-order valence-electron chi connectivity index (χ1n) is 5.90. The molecule has 1 saturated carbocycles. The monoisotopic (exact) mass is 487 g/mol. The first-order chi connectivity index (χ1) is 8.73. The number of benzene rings is 1. The molecule has 2 atom stereocenters. The molecule has 1 aliphatic carbocycles. The number of halogens is 2. The van der Waals surface area contributed by atoms with Crippen molar-refractivity contribution in [1.29, 1.82) is 0 Å². The first kappa shape index (κ1) is 15.3. The number of aliphatic hydroxyl groups is 1. The summed E-state index contributed by atoms with van der Waals surface area (Å²) in [6, 6.07) is 3.41. The summed E-state index contributed by atoms with van der Waals surface area (Å²) in [5, 5.41) is 22.5. The maximum atomic E-state index is 12.2. The maximum absolute atomic E-state index is 12.2. The molecular weight excluding hydrogens is 472 g/mol. The van der Waals surface area contributed by atoms with Crippen LogP contribution in [0.2, 0.25) is 0 Å². The van der Waals surface area contributed by atoms with Gasteiger partial charge in [-0.2, -0.15) is 0 Å². The summed E-state index contributed by atoms with van der Waals surface area (Å²) in [5.41, 5.74) is -0.0334. The molecule has 104 valence electrons. The number of aliphatic hydroxyl groups excluding tert-OH is 1. The highest BCUT2D eigenvalue weighted by Crippen LogP contribution is 2.40. The summed E-state index contributed by atoms with van der Waals surface area (Å²) in [5.74, 6) is -0.282. The normalized spacial score (nSPS) is 24.7. The van der Waals surface area contributed by atoms with Gasteiger partial charge in [0.15, 0.2) is 0 Å². The minimum absolute atomic E-state index is 0.0104. The van der Waals surface area contributed by atoms with Gasteiger partial charge in [-0.05, 0) is 63.7 Å². The second kappa shape index (κ2) is 5.36. The molecule has 1 aromatic carbocycles. The smallest absolute Gasteiger partial charge is 0.255 e. The van der Waals surface area contributed by atoms with Crippen LogP contribution in [0.1, 0.15) is 30.6 Å². The lowest BCUT2D eigenvalue weighted by molar-refractivity contribution is -0.0689. The Labute approximate surface area is 139 Å². The number of carbonyl (C=O) groups is 1. The summed E-state index contributed by atoms with van der Waals surface area (Å²) in [4.78, 5) is 12.2. The van der Waals surface area contributed by atoms with E-state index in [0.29, 0.717) is 9.99 Å². The summed E-state index contributed by atoms with van der Waals surface area (Å²) in [6.07, 6.45) is 0.169. The van der Waals surface area contributed by atoms with Crippen LogP contribution < -0.4 is 5.32 Å². The fourth-order valence-electron chi connectivity index (χ4n) is 2.12. The Morgan fingerprint density at radius 2 is 2.05 bits per heavy atom. The number of rotatable bonds is 2. The zero-order valence-electron chi connectivity index (χ0n) is 10.6. The summed E-state index contributed by atoms with van der Waals surface area (Å²) >= 11 is 4.11. The number of nitrogens with one attached hydrogen (secondary N) is 1. The zero-order valence-corrected chi connectivity index (χ0v) is 14.9. The van der Waals surface area contributed by atoms with Crippen LogP contribution in [0.5, 0.6) is 5.75 Å². The van der Waals surface area contributed by atoms with Gasteiger partial charge in [0.2, 0.25) is 0 Å². The van der Waals surface area contributed by atoms with Crippen molar-refractivity contribution in [3.05, 3.63) is 24.8 Å². The molecular formula is C13H15I2NO3. The molecule has 0 spiro atoms. The highest BCUT2D eigenvalue weighted by Gasteiger charge is 2.48. The van der Waals surface area contributed by atoms with Gasteiger partial charge in [0.1, 0.15) is 5.75 Å². The minimum Gasteiger partial charge on any atom is -0.506 e. The van der Waals surface area contributed by atoms with Crippen LogP contribution in [0.3, 0.4) is 0 Å². The van der Waals surface area contributed by atoms with Crippen LogP contribution >= 0.6 is 45.2 Å². The van der Waals surface area contributed by atoms with Crippen LogP contribution in [-0.2, 0) is 0 Å². The topological polar surface area (TPSA) is 69.6 Å². The third-order valence-corrected chi connectivity index (χ3v) is 5.24. The molecule has 19 heavy (non-hydrogen) atoms. The van der Waals surface area contributed by atoms with Crippen molar-refractivity contribution >= 4 is 51.1 Å². The summed E-state index contributed by atoms with van der Waals surface area (Å²) in [7, 11) is 0. The van der Waals surface area contributed by atoms with Gasteiger partial charge in [-0.15, -0.1) is 0 Å². The quantitative estimate of drug-likeness (QED) is 0.562. The van der Waals surface area contributed by atoms with Gasteiger partial charge in [-0.25, -0.2) is 0 Å². The molecule has 3 N–H and O–H groups in total. The lowest BCUT2D eigenvalue weighted by Crippen LogP contribution is -2.61. The molecule has 0 radical (unpaired) electrons. The molecule has 1 aliphatic rings. The van der Waals surface area contributed by atoms with Gasteiger partial charge in [0.05, 0.1) is 15.2 Å². The maximum Gasteiger partial charge on any atom is 0.255 e. The van der Waals surface area contributed by atoms with E-state index in [1.807, 2.05) is 42.5 Å². The van der Waals surface area contributed by atoms with Crippen LogP contribution in [0.4, 0.5) is 0 Å². The predicted octanol–water partition coefficient (Wildman–Crippen LogP) is 2.49. The third-order valence-electron chi connectivity index (χ3n) is 3.79. The van der Waals surface area contributed by atoms with E-state index in [2.05, 4.69) is 27.9 Å². The number of phenolic OH excluding ortho intramolecular Hbond substituents is 1. The highest BCUT2D eigenvalue weighted by atomic mass is 127. The molecule has 1 fully saturated rings. The lowest BCUT2D eigenvalue weighted by Gasteiger charge is -2.49. The average Bonchev–Trinajstić information content (AvgIpc) is 2.33. The molecule has 1 aromatic rings. The van der Waals surface area contributed by atoms with Crippen LogP contribution in [0.15, 0.2) is 12.1 Å². The van der Waals surface area contributed by atoms with E-state index in [1.165, 1.54) is 0 Å². The molecule has 6 heteroatoms. The summed E-state index contributed by atoms with van der Waals surface area (Å²) < 4.78 is 1.56. The van der Waals surface area contributed by atoms with Crippen molar-refractivity contribution in [2.24, 2.45) is 5.41 Å². The Kier molecular flexibility index (Phi) is 4.32. The van der Waals surface area contributed by atoms with E-state index < -0.39 is 0 Å². The van der Waals surface area contributed by atoms with Gasteiger partial charge < -0.3 is 15.5 Å². The van der Waals surface area contributed by atoms with Gasteiger partial charge in [-0.3, -0.25) is 4.79 Å². The third kappa shape index (κ3) is 2.85. The van der Waals surface area contributed by atoms with Crippen molar-refractivity contribution in [3.8, 4) is 5.75 Å². The van der Waals surface area contributed by atoms with E-state index in [4.69, 9.17) is 0 Å². The van der Waals surface area contributed by atoms with Crippen molar-refractivity contribution in [1.82, 2.24) is 5.32 Å². The zero-order chi connectivity index (χ0) is 14.4. The molecule has 0 saturated heterocycles. The van der Waals surface area contributed by atoms with Crippen LogP contribution in [-0.4, -0.2) is 28.3 Å². The van der Waals surface area contributed by atoms with Gasteiger partial charge in [-0.1, -0.05) is 13.8 Å². The Morgan fingerprint density at radius 1 is 1.42 bits per heavy atom. The van der Waals surface area contributed by atoms with E-state index in [1.54, 1.807) is 6.07 Å². The largest absolute Gasteiger partial charge is 0.506 e. The number of carbonyl (C=O) groups excluding carboxylic acids is 1. The molecule has 1 amide bonds. The molecule has 4 nitrogen and oxygen atoms in total. The molecule has 0 heterocycles. The Bertz CT molecular complexity index is 531. The van der Waals surface area contributed by atoms with Gasteiger partial charge >= 0.3 is 0 Å². The second-order valence-electron chi connectivity index (χ2n) is 5.38. The number of aromatic hydroxyl groups is 1. The van der Waals surface area contributed by atoms with Gasteiger partial charge in [0.25, 0.3) is 5.91 Å². The Hall–Kier alpha value is -0.0900. The SMILES string of the molecule is CC1(C)C(O)CC1NC(=O)c1cc(I)cc(I)c1O. The van der Waals surface area contributed by atoms with E-state index in [-0.39, 0.29) is 34.8 Å². The molecule has 2 rings (SSSR count). The highest BCUT2D eigenvalue weighted by molar-refractivity contribution is 14.1. The van der Waals surface area contributed by atoms with E-state index in [9.17, 15) is 15.0 Å². The van der Waals surface area contributed by atoms with Crippen LogP contribution in [0.25, 0.3) is 0 Å². The van der Waals surface area contributed by atoms with Crippen molar-refractivity contribution in [2.45, 2.75) is 32.4 Å². The second-order valence-corrected chi connectivity index (χ2v) is 7.79. The van der Waals surface area contributed by atoms with E-state index >= 15 is 0 Å². The number of hydrogen-bond acceptors (Lipinski definition) is 3. The van der Waals surface area contributed by atoms with Crippen molar-refractivity contribution < 1.29 is 15.0 Å². The molecule has 2 unspecified atom stereocenters. The van der Waals surface area contributed by atoms with Crippen LogP contribution in [0, 0.1) is 12.6 Å². The van der Waals surface area contributed by atoms with Crippen molar-refractivity contribution in [3.63, 3.8) is 0 Å². The van der Waals surface area contributed by atoms with Crippen molar-refractivity contribution in [2.75, 3.05) is 0 Å². The standard InChI is InChI=1S/C13H15I2NO3/c1-13(2)9(5-10(13)17)16-12(19)7-3-6(14)4-8(15)11(7)18/h3-4,9-10,17-18H,5H2,1-2H3,(H,16,19). The Balaban J connectivity index is 2.18. The minimum atomic E-state index is -0.387. The number of hydrogen-bond donors (Lipinski definition) is 3. The molecule has 0 aromatic heterocycles. The average molecular weight is 487 g/mol. The number of phenols is 1. The fourth-order valence-corrected chi connectivity index (χ4v) is 3.97. The first-order valence-corrected chi connectivity index (χ1v) is 8.06. The summed E-state index contributed by atoms with van der Waals surface area (Å²) in [6.45, 7) is 3.84.